The van der Waals surface area contributed by atoms with Crippen LogP contribution in [-0.2, 0) is 11.3 Å². The first-order valence-corrected chi connectivity index (χ1v) is 11.7. The molecule has 1 aliphatic rings. The van der Waals surface area contributed by atoms with Crippen molar-refractivity contribution in [2.24, 2.45) is 0 Å². The maximum absolute atomic E-state index is 13.4. The predicted octanol–water partition coefficient (Wildman–Crippen LogP) is 2.52. The molecule has 9 nitrogen and oxygen atoms in total. The number of halogens is 1. The number of hydrogen-bond donors (Lipinski definition) is 1. The van der Waals surface area contributed by atoms with Crippen molar-refractivity contribution in [3.63, 3.8) is 0 Å². The molecule has 10 heteroatoms. The predicted molar refractivity (Wildman–Crippen MR) is 131 cm³/mol. The minimum Gasteiger partial charge on any atom is -0.383 e. The molecule has 0 amide bonds. The van der Waals surface area contributed by atoms with Crippen LogP contribution in [0.15, 0.2) is 53.3 Å². The van der Waals surface area contributed by atoms with Crippen LogP contribution in [0.3, 0.4) is 0 Å². The number of nitrogens with one attached hydrogen (secondary N) is 1. The molecular weight excluding hydrogens is 449 g/mol. The molecule has 2 aromatic heterocycles. The van der Waals surface area contributed by atoms with Crippen LogP contribution in [0.4, 0.5) is 10.1 Å². The molecule has 0 radical (unpaired) electrons. The van der Waals surface area contributed by atoms with E-state index in [1.807, 2.05) is 31.2 Å². The summed E-state index contributed by atoms with van der Waals surface area (Å²) in [5, 5.41) is 13.4. The average molecular weight is 478 g/mol. The summed E-state index contributed by atoms with van der Waals surface area (Å²) in [4.78, 5) is 20.9. The molecule has 35 heavy (non-hydrogen) atoms. The van der Waals surface area contributed by atoms with Crippen molar-refractivity contribution in [3.05, 3.63) is 81.7 Å². The molecule has 0 spiro atoms. The van der Waals surface area contributed by atoms with E-state index >= 15 is 0 Å². The van der Waals surface area contributed by atoms with Crippen LogP contribution in [0.5, 0.6) is 0 Å². The highest BCUT2D eigenvalue weighted by molar-refractivity contribution is 5.82. The van der Waals surface area contributed by atoms with Gasteiger partial charge in [0.15, 0.2) is 5.82 Å². The van der Waals surface area contributed by atoms with E-state index in [2.05, 4.69) is 30.3 Å². The highest BCUT2D eigenvalue weighted by atomic mass is 19.1. The van der Waals surface area contributed by atoms with Gasteiger partial charge in [0, 0.05) is 44.5 Å². The van der Waals surface area contributed by atoms with Gasteiger partial charge in [0.25, 0.3) is 5.56 Å². The van der Waals surface area contributed by atoms with Crippen LogP contribution < -0.4 is 10.5 Å². The van der Waals surface area contributed by atoms with Crippen LogP contribution >= 0.6 is 0 Å². The number of nitrogens with zero attached hydrogens (tertiary/aromatic N) is 6. The fourth-order valence-electron chi connectivity index (χ4n) is 4.74. The number of aryl methyl sites for hydroxylation is 1. The third-order valence-corrected chi connectivity index (χ3v) is 6.59. The lowest BCUT2D eigenvalue weighted by Crippen LogP contribution is -2.49. The second kappa shape index (κ2) is 9.93. The number of para-hydroxylation sites is 1. The number of H-pyrrole nitrogens is 1. The summed E-state index contributed by atoms with van der Waals surface area (Å²) in [5.74, 6) is 0.357. The zero-order valence-corrected chi connectivity index (χ0v) is 19.8. The Morgan fingerprint density at radius 3 is 2.63 bits per heavy atom. The van der Waals surface area contributed by atoms with E-state index in [0.29, 0.717) is 37.6 Å². The quantitative estimate of drug-likeness (QED) is 0.437. The fraction of sp³-hybridized carbons (Fsp3) is 0.360. The molecule has 2 aromatic carbocycles. The van der Waals surface area contributed by atoms with Crippen molar-refractivity contribution in [1.29, 1.82) is 0 Å². The average Bonchev–Trinajstić information content (AvgIpc) is 3.33. The molecular formula is C25H28FN7O2. The molecule has 0 saturated carbocycles. The van der Waals surface area contributed by atoms with E-state index in [1.165, 1.54) is 12.1 Å². The molecule has 1 saturated heterocycles. The number of aromatic amines is 1. The van der Waals surface area contributed by atoms with Crippen molar-refractivity contribution in [3.8, 4) is 0 Å². The molecule has 3 heterocycles. The minimum atomic E-state index is -0.425. The number of hydrogen-bond acceptors (Lipinski definition) is 7. The van der Waals surface area contributed by atoms with Crippen LogP contribution in [0, 0.1) is 12.7 Å². The molecule has 1 N–H and O–H groups in total. The van der Waals surface area contributed by atoms with Crippen LogP contribution in [0.1, 0.15) is 23.0 Å². The second-order valence-corrected chi connectivity index (χ2v) is 8.75. The zero-order chi connectivity index (χ0) is 24.4. The molecule has 0 aliphatic carbocycles. The Labute approximate surface area is 202 Å². The molecule has 0 bridgehead atoms. The van der Waals surface area contributed by atoms with Crippen LogP contribution in [0.25, 0.3) is 10.9 Å². The number of benzene rings is 2. The number of rotatable bonds is 7. The maximum atomic E-state index is 13.4. The van der Waals surface area contributed by atoms with Gasteiger partial charge in [0.05, 0.1) is 18.7 Å². The topological polar surface area (TPSA) is 92.2 Å². The largest absolute Gasteiger partial charge is 0.383 e. The Bertz CT molecular complexity index is 1360. The molecule has 1 atom stereocenters. The van der Waals surface area contributed by atoms with Crippen LogP contribution in [-0.4, -0.2) is 70.0 Å². The van der Waals surface area contributed by atoms with Gasteiger partial charge >= 0.3 is 0 Å². The van der Waals surface area contributed by atoms with Crippen molar-refractivity contribution in [1.82, 2.24) is 30.1 Å². The van der Waals surface area contributed by atoms with E-state index in [4.69, 9.17) is 4.74 Å². The fourth-order valence-corrected chi connectivity index (χ4v) is 4.74. The summed E-state index contributed by atoms with van der Waals surface area (Å²) in [5.41, 5.74) is 3.28. The number of aromatic nitrogens is 5. The molecule has 4 aromatic rings. The minimum absolute atomic E-state index is 0.154. The molecule has 5 rings (SSSR count). The summed E-state index contributed by atoms with van der Waals surface area (Å²) in [6, 6.07) is 14.0. The van der Waals surface area contributed by atoms with E-state index in [9.17, 15) is 9.18 Å². The smallest absolute Gasteiger partial charge is 0.253 e. The summed E-state index contributed by atoms with van der Waals surface area (Å²) in [7, 11) is 1.63. The summed E-state index contributed by atoms with van der Waals surface area (Å²) >= 11 is 0. The first-order chi connectivity index (χ1) is 17.0. The number of piperazine rings is 1. The van der Waals surface area contributed by atoms with E-state index in [0.717, 1.165) is 35.2 Å². The Kier molecular flexibility index (Phi) is 6.56. The van der Waals surface area contributed by atoms with E-state index in [-0.39, 0.29) is 11.4 Å². The van der Waals surface area contributed by atoms with Crippen molar-refractivity contribution in [2.45, 2.75) is 19.5 Å². The lowest BCUT2D eigenvalue weighted by molar-refractivity contribution is 0.171. The Balaban J connectivity index is 1.51. The van der Waals surface area contributed by atoms with E-state index < -0.39 is 6.04 Å². The molecule has 182 valence electrons. The number of pyridine rings is 1. The first kappa shape index (κ1) is 23.1. The highest BCUT2D eigenvalue weighted by Crippen LogP contribution is 2.29. The van der Waals surface area contributed by atoms with Crippen molar-refractivity contribution < 1.29 is 9.13 Å². The number of tetrazole rings is 1. The normalized spacial score (nSPS) is 15.6. The monoisotopic (exact) mass is 477 g/mol. The number of anilines is 1. The van der Waals surface area contributed by atoms with Crippen LogP contribution in [0.2, 0.25) is 0 Å². The standard InChI is InChI=1S/C25H28FN7O2/c1-17-4-3-5-18-16-21(25(34)27-22(17)18)23(24-28-29-30-33(24)14-15-35-2)32-12-10-31(11-13-32)20-8-6-19(26)7-9-20/h3-9,16,23H,10-15H2,1-2H3,(H,27,34). The zero-order valence-electron chi connectivity index (χ0n) is 19.8. The third kappa shape index (κ3) is 4.67. The third-order valence-electron chi connectivity index (χ3n) is 6.59. The second-order valence-electron chi connectivity index (χ2n) is 8.75. The number of ether oxygens (including phenoxy) is 1. The van der Waals surface area contributed by atoms with Gasteiger partial charge in [-0.3, -0.25) is 9.69 Å². The summed E-state index contributed by atoms with van der Waals surface area (Å²) in [6.45, 7) is 5.74. The first-order valence-electron chi connectivity index (χ1n) is 11.7. The lowest BCUT2D eigenvalue weighted by atomic mass is 10.0. The summed E-state index contributed by atoms with van der Waals surface area (Å²) < 4.78 is 20.3. The van der Waals surface area contributed by atoms with Gasteiger partial charge in [-0.05, 0) is 58.6 Å². The Morgan fingerprint density at radius 1 is 1.11 bits per heavy atom. The number of fused-ring (bicyclic) bond motifs is 1. The highest BCUT2D eigenvalue weighted by Gasteiger charge is 2.32. The lowest BCUT2D eigenvalue weighted by Gasteiger charge is -2.39. The van der Waals surface area contributed by atoms with Gasteiger partial charge in [0.1, 0.15) is 11.9 Å². The molecule has 1 aliphatic heterocycles. The van der Waals surface area contributed by atoms with Gasteiger partial charge in [-0.2, -0.15) is 0 Å². The summed E-state index contributed by atoms with van der Waals surface area (Å²) in [6.07, 6.45) is 0. The maximum Gasteiger partial charge on any atom is 0.253 e. The molecule has 1 fully saturated rings. The van der Waals surface area contributed by atoms with Gasteiger partial charge in [-0.1, -0.05) is 18.2 Å². The number of methoxy groups -OCH3 is 1. The van der Waals surface area contributed by atoms with Gasteiger partial charge in [0.2, 0.25) is 0 Å². The van der Waals surface area contributed by atoms with Crippen molar-refractivity contribution in [2.75, 3.05) is 44.8 Å². The van der Waals surface area contributed by atoms with Gasteiger partial charge < -0.3 is 14.6 Å². The van der Waals surface area contributed by atoms with E-state index in [1.54, 1.807) is 23.9 Å². The van der Waals surface area contributed by atoms with Gasteiger partial charge in [-0.25, -0.2) is 9.07 Å². The Hall–Kier alpha value is -3.63. The SMILES string of the molecule is COCCn1nnnc1C(c1cc2cccc(C)c2[nH]c1=O)N1CCN(c2ccc(F)cc2)CC1. The van der Waals surface area contributed by atoms with Crippen molar-refractivity contribution >= 4 is 16.6 Å². The van der Waals surface area contributed by atoms with Gasteiger partial charge in [-0.15, -0.1) is 5.10 Å². The molecule has 1 unspecified atom stereocenters. The Morgan fingerprint density at radius 2 is 1.89 bits per heavy atom.